The lowest BCUT2D eigenvalue weighted by atomic mass is 10.2. The maximum atomic E-state index is 11.7. The number of aliphatic imine (C=N–C) groups is 1. The third-order valence-electron chi connectivity index (χ3n) is 3.28. The van der Waals surface area contributed by atoms with Crippen molar-refractivity contribution in [1.82, 2.24) is 15.5 Å². The lowest BCUT2D eigenvalue weighted by molar-refractivity contribution is -0.127. The van der Waals surface area contributed by atoms with Gasteiger partial charge < -0.3 is 25.0 Å². The summed E-state index contributed by atoms with van der Waals surface area (Å²) in [5.74, 6) is 0.455. The molecule has 146 valence electrons. The summed E-state index contributed by atoms with van der Waals surface area (Å²) < 4.78 is 10.6. The van der Waals surface area contributed by atoms with Gasteiger partial charge in [-0.3, -0.25) is 4.79 Å². The number of nitrogens with one attached hydrogen (secondary N) is 2. The Morgan fingerprint density at radius 1 is 1.19 bits per heavy atom. The predicted octanol–water partition coefficient (Wildman–Crippen LogP) is 1.78. The van der Waals surface area contributed by atoms with Crippen LogP contribution in [0.3, 0.4) is 0 Å². The second-order valence-corrected chi connectivity index (χ2v) is 6.43. The first-order valence-electron chi connectivity index (χ1n) is 8.17. The molecule has 0 saturated heterocycles. The lowest BCUT2D eigenvalue weighted by Crippen LogP contribution is -2.41. The number of methoxy groups -OCH3 is 1. The first-order valence-corrected chi connectivity index (χ1v) is 8.92. The fraction of sp³-hybridized carbons (Fsp3) is 0.529. The Bertz CT molecular complexity index is 597. The Balaban J connectivity index is 2.39. The molecule has 0 fully saturated rings. The van der Waals surface area contributed by atoms with Gasteiger partial charge in [0.1, 0.15) is 6.54 Å². The van der Waals surface area contributed by atoms with Gasteiger partial charge in [0.2, 0.25) is 5.91 Å². The number of carbonyl (C=O) groups excluding carboxylic acids is 1. The Morgan fingerprint density at radius 2 is 1.88 bits per heavy atom. The van der Waals surface area contributed by atoms with Gasteiger partial charge in [-0.25, -0.2) is 4.99 Å². The second kappa shape index (κ2) is 12.8. The van der Waals surface area contributed by atoms with Crippen LogP contribution < -0.4 is 10.6 Å². The van der Waals surface area contributed by atoms with E-state index in [1.54, 1.807) is 33.3 Å². The molecule has 0 aliphatic heterocycles. The summed E-state index contributed by atoms with van der Waals surface area (Å²) in [4.78, 5) is 17.4. The Morgan fingerprint density at radius 3 is 2.50 bits per heavy atom. The van der Waals surface area contributed by atoms with Crippen LogP contribution >= 0.6 is 23.2 Å². The molecule has 0 aliphatic rings. The maximum absolute atomic E-state index is 11.7. The molecule has 0 heterocycles. The highest BCUT2D eigenvalue weighted by Gasteiger charge is 2.05. The second-order valence-electron chi connectivity index (χ2n) is 5.59. The summed E-state index contributed by atoms with van der Waals surface area (Å²) in [6, 6.07) is 5.30. The van der Waals surface area contributed by atoms with E-state index in [1.165, 1.54) is 4.90 Å². The van der Waals surface area contributed by atoms with Crippen molar-refractivity contribution in [2.24, 2.45) is 4.99 Å². The smallest absolute Gasteiger partial charge is 0.243 e. The van der Waals surface area contributed by atoms with E-state index < -0.39 is 0 Å². The highest BCUT2D eigenvalue weighted by molar-refractivity contribution is 6.35. The van der Waals surface area contributed by atoms with Crippen molar-refractivity contribution in [3.8, 4) is 0 Å². The summed E-state index contributed by atoms with van der Waals surface area (Å²) in [6.07, 6.45) is 0. The monoisotopic (exact) mass is 404 g/mol. The number of hydrogen-bond acceptors (Lipinski definition) is 4. The quantitative estimate of drug-likeness (QED) is 0.353. The molecule has 9 heteroatoms. The number of ether oxygens (including phenoxy) is 2. The molecule has 0 spiro atoms. The van der Waals surface area contributed by atoms with E-state index >= 15 is 0 Å². The SMILES string of the molecule is COCCNC(=NCC(=O)N(C)C)NCCOCc1ccc(Cl)cc1Cl. The minimum atomic E-state index is -0.0773. The Kier molecular flexibility index (Phi) is 11.0. The molecule has 26 heavy (non-hydrogen) atoms. The lowest BCUT2D eigenvalue weighted by Gasteiger charge is -2.14. The number of benzene rings is 1. The molecule has 0 atom stereocenters. The third kappa shape index (κ3) is 9.24. The summed E-state index contributed by atoms with van der Waals surface area (Å²) in [5, 5.41) is 7.38. The zero-order valence-corrected chi connectivity index (χ0v) is 16.9. The third-order valence-corrected chi connectivity index (χ3v) is 3.87. The van der Waals surface area contributed by atoms with Gasteiger partial charge in [0.25, 0.3) is 0 Å². The molecule has 7 nitrogen and oxygen atoms in total. The minimum Gasteiger partial charge on any atom is -0.383 e. The van der Waals surface area contributed by atoms with Gasteiger partial charge in [-0.2, -0.15) is 0 Å². The van der Waals surface area contributed by atoms with Crippen LogP contribution in [0.2, 0.25) is 10.0 Å². The van der Waals surface area contributed by atoms with Gasteiger partial charge in [-0.05, 0) is 17.7 Å². The summed E-state index contributed by atoms with van der Waals surface area (Å²) in [7, 11) is 5.01. The molecule has 1 aromatic rings. The zero-order chi connectivity index (χ0) is 19.4. The average Bonchev–Trinajstić information content (AvgIpc) is 2.60. The van der Waals surface area contributed by atoms with Crippen LogP contribution in [0.1, 0.15) is 5.56 Å². The number of amides is 1. The van der Waals surface area contributed by atoms with Crippen LogP contribution in [-0.4, -0.2) is 70.8 Å². The molecule has 0 unspecified atom stereocenters. The van der Waals surface area contributed by atoms with Crippen LogP contribution in [0.4, 0.5) is 0 Å². The fourth-order valence-corrected chi connectivity index (χ4v) is 2.26. The molecule has 1 rings (SSSR count). The molecule has 0 bridgehead atoms. The minimum absolute atomic E-state index is 0.0660. The molecule has 0 aliphatic carbocycles. The predicted molar refractivity (Wildman–Crippen MR) is 105 cm³/mol. The van der Waals surface area contributed by atoms with Crippen LogP contribution in [0, 0.1) is 0 Å². The number of carbonyl (C=O) groups is 1. The molecule has 1 amide bonds. The van der Waals surface area contributed by atoms with E-state index in [2.05, 4.69) is 15.6 Å². The standard InChI is InChI=1S/C17H26Cl2N4O3/c1-23(2)16(24)11-22-17(20-6-8-25-3)21-7-9-26-12-13-4-5-14(18)10-15(13)19/h4-5,10H,6-9,11-12H2,1-3H3,(H2,20,21,22). The first-order chi connectivity index (χ1) is 12.4. The molecule has 0 saturated carbocycles. The van der Waals surface area contributed by atoms with Gasteiger partial charge >= 0.3 is 0 Å². The molecule has 0 radical (unpaired) electrons. The van der Waals surface area contributed by atoms with Crippen molar-refractivity contribution in [2.75, 3.05) is 54.1 Å². The van der Waals surface area contributed by atoms with E-state index in [-0.39, 0.29) is 12.5 Å². The van der Waals surface area contributed by atoms with E-state index in [4.69, 9.17) is 32.7 Å². The number of guanidine groups is 1. The first kappa shape index (κ1) is 22.5. The van der Waals surface area contributed by atoms with Crippen molar-refractivity contribution in [1.29, 1.82) is 0 Å². The maximum Gasteiger partial charge on any atom is 0.243 e. The van der Waals surface area contributed by atoms with Crippen molar-refractivity contribution < 1.29 is 14.3 Å². The molecule has 2 N–H and O–H groups in total. The van der Waals surface area contributed by atoms with Crippen molar-refractivity contribution >= 4 is 35.1 Å². The number of nitrogens with zero attached hydrogens (tertiary/aromatic N) is 2. The number of hydrogen-bond donors (Lipinski definition) is 2. The van der Waals surface area contributed by atoms with Crippen LogP contribution in [0.25, 0.3) is 0 Å². The zero-order valence-electron chi connectivity index (χ0n) is 15.3. The van der Waals surface area contributed by atoms with Crippen molar-refractivity contribution in [2.45, 2.75) is 6.61 Å². The van der Waals surface area contributed by atoms with Gasteiger partial charge in [0, 0.05) is 44.3 Å². The van der Waals surface area contributed by atoms with Gasteiger partial charge in [-0.1, -0.05) is 29.3 Å². The van der Waals surface area contributed by atoms with E-state index in [0.717, 1.165) is 5.56 Å². The van der Waals surface area contributed by atoms with Gasteiger partial charge in [0.15, 0.2) is 5.96 Å². The highest BCUT2D eigenvalue weighted by atomic mass is 35.5. The number of likely N-dealkylation sites (N-methyl/N-ethyl adjacent to an activating group) is 1. The molecule has 1 aromatic carbocycles. The van der Waals surface area contributed by atoms with Gasteiger partial charge in [0.05, 0.1) is 19.8 Å². The van der Waals surface area contributed by atoms with Crippen LogP contribution in [0.5, 0.6) is 0 Å². The summed E-state index contributed by atoms with van der Waals surface area (Å²) in [6.45, 7) is 2.55. The normalized spacial score (nSPS) is 11.3. The topological polar surface area (TPSA) is 75.2 Å². The van der Waals surface area contributed by atoms with E-state index in [0.29, 0.717) is 48.9 Å². The fourth-order valence-electron chi connectivity index (χ4n) is 1.80. The number of rotatable bonds is 10. The highest BCUT2D eigenvalue weighted by Crippen LogP contribution is 2.21. The molecular weight excluding hydrogens is 379 g/mol. The van der Waals surface area contributed by atoms with Gasteiger partial charge in [-0.15, -0.1) is 0 Å². The van der Waals surface area contributed by atoms with Crippen LogP contribution in [-0.2, 0) is 20.9 Å². The Hall–Kier alpha value is -1.54. The van der Waals surface area contributed by atoms with Crippen molar-refractivity contribution in [3.63, 3.8) is 0 Å². The number of halogens is 2. The van der Waals surface area contributed by atoms with Crippen LogP contribution in [0.15, 0.2) is 23.2 Å². The van der Waals surface area contributed by atoms with Crippen molar-refractivity contribution in [3.05, 3.63) is 33.8 Å². The molecule has 0 aromatic heterocycles. The largest absolute Gasteiger partial charge is 0.383 e. The average molecular weight is 405 g/mol. The molecular formula is C17H26Cl2N4O3. The van der Waals surface area contributed by atoms with E-state index in [9.17, 15) is 4.79 Å². The Labute approximate surface area is 164 Å². The summed E-state index contributed by atoms with van der Waals surface area (Å²) in [5.41, 5.74) is 0.875. The summed E-state index contributed by atoms with van der Waals surface area (Å²) >= 11 is 12.0. The van der Waals surface area contributed by atoms with E-state index in [1.807, 2.05) is 6.07 Å².